The fourth-order valence-corrected chi connectivity index (χ4v) is 2.63. The topological polar surface area (TPSA) is 68.3 Å². The van der Waals surface area contributed by atoms with Gasteiger partial charge >= 0.3 is 0 Å². The van der Waals surface area contributed by atoms with Crippen molar-refractivity contribution in [2.75, 3.05) is 6.54 Å². The summed E-state index contributed by atoms with van der Waals surface area (Å²) in [4.78, 5) is 11.9. The highest BCUT2D eigenvalue weighted by molar-refractivity contribution is 9.10. The van der Waals surface area contributed by atoms with E-state index in [1.807, 2.05) is 0 Å². The summed E-state index contributed by atoms with van der Waals surface area (Å²) in [7, 11) is 0. The van der Waals surface area contributed by atoms with Crippen LogP contribution in [-0.2, 0) is 0 Å². The fourth-order valence-electron chi connectivity index (χ4n) is 2.21. The summed E-state index contributed by atoms with van der Waals surface area (Å²) in [6.45, 7) is 0.636. The summed E-state index contributed by atoms with van der Waals surface area (Å²) >= 11 is 3.20. The minimum atomic E-state index is -0.0917. The van der Waals surface area contributed by atoms with Gasteiger partial charge in [-0.1, -0.05) is 6.42 Å². The molecule has 0 bridgehead atoms. The number of nitrogens with one attached hydrogen (secondary N) is 1. The van der Waals surface area contributed by atoms with Gasteiger partial charge < -0.3 is 15.5 Å². The van der Waals surface area contributed by atoms with E-state index in [9.17, 15) is 4.79 Å². The summed E-state index contributed by atoms with van der Waals surface area (Å²) in [5.74, 6) is 0.320. The molecule has 2 atom stereocenters. The predicted octanol–water partition coefficient (Wildman–Crippen LogP) is 1.90. The largest absolute Gasteiger partial charge is 0.457 e. The summed E-state index contributed by atoms with van der Waals surface area (Å²) in [5, 5.41) is 3.01. The number of carbonyl (C=O) groups is 1. The second kappa shape index (κ2) is 5.01. The van der Waals surface area contributed by atoms with Gasteiger partial charge in [-0.25, -0.2) is 0 Å². The Morgan fingerprint density at radius 2 is 2.44 bits per heavy atom. The number of hydrogen-bond donors (Lipinski definition) is 2. The Morgan fingerprint density at radius 1 is 1.62 bits per heavy atom. The Kier molecular flexibility index (Phi) is 3.66. The average Bonchev–Trinajstić information content (AvgIpc) is 2.86. The first kappa shape index (κ1) is 11.7. The van der Waals surface area contributed by atoms with E-state index in [0.717, 1.165) is 19.3 Å². The van der Waals surface area contributed by atoms with Crippen molar-refractivity contribution in [2.24, 2.45) is 11.7 Å². The first-order chi connectivity index (χ1) is 7.72. The first-order valence-corrected chi connectivity index (χ1v) is 6.25. The Hall–Kier alpha value is -0.810. The maximum atomic E-state index is 11.9. The van der Waals surface area contributed by atoms with Crippen LogP contribution in [0.25, 0.3) is 0 Å². The van der Waals surface area contributed by atoms with Crippen molar-refractivity contribution < 1.29 is 9.21 Å². The van der Waals surface area contributed by atoms with E-state index in [1.54, 1.807) is 6.07 Å². The monoisotopic (exact) mass is 286 g/mol. The number of carbonyl (C=O) groups excluding carboxylic acids is 1. The normalized spacial score (nSPS) is 24.6. The van der Waals surface area contributed by atoms with Gasteiger partial charge in [0.05, 0.1) is 11.8 Å². The maximum Gasteiger partial charge on any atom is 0.255 e. The lowest BCUT2D eigenvalue weighted by atomic mass is 10.0. The molecule has 1 heterocycles. The Labute approximate surface area is 103 Å². The SMILES string of the molecule is NCC1CCCC1NC(=O)c1ccoc1Br. The molecule has 1 aromatic rings. The first-order valence-electron chi connectivity index (χ1n) is 5.46. The van der Waals surface area contributed by atoms with E-state index in [0.29, 0.717) is 22.7 Å². The van der Waals surface area contributed by atoms with E-state index in [4.69, 9.17) is 10.2 Å². The van der Waals surface area contributed by atoms with Gasteiger partial charge in [-0.15, -0.1) is 0 Å². The van der Waals surface area contributed by atoms with Crippen LogP contribution < -0.4 is 11.1 Å². The minimum Gasteiger partial charge on any atom is -0.457 e. The quantitative estimate of drug-likeness (QED) is 0.892. The molecule has 4 nitrogen and oxygen atoms in total. The Morgan fingerprint density at radius 3 is 3.06 bits per heavy atom. The molecule has 2 rings (SSSR count). The number of hydrogen-bond acceptors (Lipinski definition) is 3. The highest BCUT2D eigenvalue weighted by atomic mass is 79.9. The predicted molar refractivity (Wildman–Crippen MR) is 64.1 cm³/mol. The molecule has 0 spiro atoms. The lowest BCUT2D eigenvalue weighted by Gasteiger charge is -2.18. The van der Waals surface area contributed by atoms with Crippen LogP contribution in [0, 0.1) is 5.92 Å². The lowest BCUT2D eigenvalue weighted by Crippen LogP contribution is -2.39. The van der Waals surface area contributed by atoms with Crippen molar-refractivity contribution in [1.82, 2.24) is 5.32 Å². The highest BCUT2D eigenvalue weighted by Crippen LogP contribution is 2.25. The molecule has 88 valence electrons. The van der Waals surface area contributed by atoms with Gasteiger partial charge in [-0.05, 0) is 47.3 Å². The third-order valence-corrected chi connectivity index (χ3v) is 3.75. The maximum absolute atomic E-state index is 11.9. The second-order valence-electron chi connectivity index (χ2n) is 4.11. The van der Waals surface area contributed by atoms with E-state index >= 15 is 0 Å². The summed E-state index contributed by atoms with van der Waals surface area (Å²) < 4.78 is 5.51. The van der Waals surface area contributed by atoms with Crippen LogP contribution in [0.5, 0.6) is 0 Å². The van der Waals surface area contributed by atoms with Crippen LogP contribution in [0.1, 0.15) is 29.6 Å². The van der Waals surface area contributed by atoms with Crippen molar-refractivity contribution in [3.8, 4) is 0 Å². The fraction of sp³-hybridized carbons (Fsp3) is 0.545. The van der Waals surface area contributed by atoms with Crippen molar-refractivity contribution in [3.63, 3.8) is 0 Å². The van der Waals surface area contributed by atoms with Crippen LogP contribution in [0.3, 0.4) is 0 Å². The van der Waals surface area contributed by atoms with Crippen LogP contribution in [-0.4, -0.2) is 18.5 Å². The van der Waals surface area contributed by atoms with Crippen LogP contribution in [0.4, 0.5) is 0 Å². The molecule has 5 heteroatoms. The number of amides is 1. The third kappa shape index (κ3) is 2.30. The van der Waals surface area contributed by atoms with Gasteiger partial charge in [-0.2, -0.15) is 0 Å². The molecule has 0 aromatic carbocycles. The molecule has 0 aliphatic heterocycles. The van der Waals surface area contributed by atoms with E-state index in [2.05, 4.69) is 21.2 Å². The second-order valence-corrected chi connectivity index (χ2v) is 4.83. The average molecular weight is 287 g/mol. The smallest absolute Gasteiger partial charge is 0.255 e. The van der Waals surface area contributed by atoms with E-state index in [1.165, 1.54) is 6.26 Å². The summed E-state index contributed by atoms with van der Waals surface area (Å²) in [6.07, 6.45) is 4.75. The van der Waals surface area contributed by atoms with Gasteiger partial charge in [0.15, 0.2) is 4.67 Å². The van der Waals surface area contributed by atoms with Crippen molar-refractivity contribution in [3.05, 3.63) is 22.6 Å². The number of rotatable bonds is 3. The van der Waals surface area contributed by atoms with Gasteiger partial charge in [0.1, 0.15) is 0 Å². The van der Waals surface area contributed by atoms with Crippen LogP contribution in [0.15, 0.2) is 21.4 Å². The molecule has 1 amide bonds. The summed E-state index contributed by atoms with van der Waals surface area (Å²) in [6, 6.07) is 1.87. The zero-order valence-corrected chi connectivity index (χ0v) is 10.5. The molecule has 0 radical (unpaired) electrons. The van der Waals surface area contributed by atoms with Crippen molar-refractivity contribution >= 4 is 21.8 Å². The Balaban J connectivity index is 2.00. The summed E-state index contributed by atoms with van der Waals surface area (Å²) in [5.41, 5.74) is 6.21. The molecule has 1 fully saturated rings. The Bertz CT molecular complexity index is 378. The standard InChI is InChI=1S/C11H15BrN2O2/c12-10-8(4-5-16-10)11(15)14-9-3-1-2-7(9)6-13/h4-5,7,9H,1-3,6,13H2,(H,14,15). The molecular weight excluding hydrogens is 272 g/mol. The van der Waals surface area contributed by atoms with Crippen molar-refractivity contribution in [1.29, 1.82) is 0 Å². The highest BCUT2D eigenvalue weighted by Gasteiger charge is 2.28. The number of nitrogens with two attached hydrogens (primary N) is 1. The molecule has 1 aliphatic rings. The lowest BCUT2D eigenvalue weighted by molar-refractivity contribution is 0.0927. The molecule has 1 saturated carbocycles. The van der Waals surface area contributed by atoms with Crippen molar-refractivity contribution in [2.45, 2.75) is 25.3 Å². The van der Waals surface area contributed by atoms with Gasteiger partial charge in [0, 0.05) is 6.04 Å². The van der Waals surface area contributed by atoms with E-state index < -0.39 is 0 Å². The number of furan rings is 1. The van der Waals surface area contributed by atoms with Crippen LogP contribution >= 0.6 is 15.9 Å². The molecular formula is C11H15BrN2O2. The van der Waals surface area contributed by atoms with Gasteiger partial charge in [0.2, 0.25) is 0 Å². The third-order valence-electron chi connectivity index (χ3n) is 3.14. The zero-order chi connectivity index (χ0) is 11.5. The molecule has 3 N–H and O–H groups in total. The minimum absolute atomic E-state index is 0.0917. The molecule has 2 unspecified atom stereocenters. The van der Waals surface area contributed by atoms with E-state index in [-0.39, 0.29) is 11.9 Å². The zero-order valence-electron chi connectivity index (χ0n) is 8.91. The van der Waals surface area contributed by atoms with Gasteiger partial charge in [0.25, 0.3) is 5.91 Å². The molecule has 16 heavy (non-hydrogen) atoms. The molecule has 0 saturated heterocycles. The number of halogens is 1. The van der Waals surface area contributed by atoms with Gasteiger partial charge in [-0.3, -0.25) is 4.79 Å². The molecule has 1 aromatic heterocycles. The molecule has 1 aliphatic carbocycles. The van der Waals surface area contributed by atoms with Crippen LogP contribution in [0.2, 0.25) is 0 Å².